The number of likely N-dealkylation sites (N-methyl/N-ethyl adjacent to an activating group) is 1. The van der Waals surface area contributed by atoms with E-state index in [0.717, 1.165) is 25.6 Å². The molecule has 0 rings (SSSR count). The predicted molar refractivity (Wildman–Crippen MR) is 71.9 cm³/mol. The fraction of sp³-hybridized carbons (Fsp3) is 1.00. The van der Waals surface area contributed by atoms with Gasteiger partial charge in [0.05, 0.1) is 12.2 Å². The molecule has 0 aliphatic carbocycles. The van der Waals surface area contributed by atoms with E-state index >= 15 is 0 Å². The summed E-state index contributed by atoms with van der Waals surface area (Å²) in [5.74, 6) is 0.737. The van der Waals surface area contributed by atoms with Crippen LogP contribution >= 0.6 is 0 Å². The minimum absolute atomic E-state index is 0.0321. The molecule has 0 saturated carbocycles. The first-order chi connectivity index (χ1) is 7.55. The Morgan fingerprint density at radius 2 is 1.88 bits per heavy atom. The van der Waals surface area contributed by atoms with Gasteiger partial charge in [0.15, 0.2) is 0 Å². The van der Waals surface area contributed by atoms with Crippen molar-refractivity contribution in [2.45, 2.75) is 65.9 Å². The summed E-state index contributed by atoms with van der Waals surface area (Å²) in [6.45, 7) is 13.8. The summed E-state index contributed by atoms with van der Waals surface area (Å²) in [7, 11) is 0. The molecule has 0 heterocycles. The molecule has 0 amide bonds. The summed E-state index contributed by atoms with van der Waals surface area (Å²) >= 11 is 0. The monoisotopic (exact) mass is 229 g/mol. The van der Waals surface area contributed by atoms with E-state index in [-0.39, 0.29) is 5.60 Å². The fourth-order valence-electron chi connectivity index (χ4n) is 1.72. The molecule has 0 bridgehead atoms. The highest BCUT2D eigenvalue weighted by Gasteiger charge is 2.19. The molecule has 1 N–H and O–H groups in total. The van der Waals surface area contributed by atoms with E-state index in [0.29, 0.717) is 0 Å². The molecule has 2 heteroatoms. The van der Waals surface area contributed by atoms with Gasteiger partial charge in [0.1, 0.15) is 0 Å². The van der Waals surface area contributed by atoms with Gasteiger partial charge in [-0.2, -0.15) is 0 Å². The van der Waals surface area contributed by atoms with Crippen molar-refractivity contribution in [2.75, 3.05) is 19.7 Å². The van der Waals surface area contributed by atoms with Crippen LogP contribution in [0.1, 0.15) is 60.3 Å². The van der Waals surface area contributed by atoms with E-state index in [1.54, 1.807) is 0 Å². The minimum Gasteiger partial charge on any atom is -0.374 e. The van der Waals surface area contributed by atoms with Crippen LogP contribution in [0.3, 0.4) is 0 Å². The quantitative estimate of drug-likeness (QED) is 0.618. The Kier molecular flexibility index (Phi) is 8.96. The standard InChI is InChI=1S/C14H31NO/c1-6-9-10-13(7-2)11-16-14(4,5)12-15-8-3/h13,15H,6-12H2,1-5H3. The van der Waals surface area contributed by atoms with Crippen molar-refractivity contribution in [3.8, 4) is 0 Å². The Bertz CT molecular complexity index is 157. The largest absolute Gasteiger partial charge is 0.374 e. The molecule has 98 valence electrons. The zero-order valence-corrected chi connectivity index (χ0v) is 11.9. The second-order valence-electron chi connectivity index (χ2n) is 5.27. The minimum atomic E-state index is -0.0321. The van der Waals surface area contributed by atoms with E-state index in [1.165, 1.54) is 25.7 Å². The zero-order valence-electron chi connectivity index (χ0n) is 11.9. The van der Waals surface area contributed by atoms with Gasteiger partial charge < -0.3 is 10.1 Å². The molecule has 1 unspecified atom stereocenters. The Morgan fingerprint density at radius 3 is 2.38 bits per heavy atom. The molecule has 0 radical (unpaired) electrons. The summed E-state index contributed by atoms with van der Waals surface area (Å²) in [4.78, 5) is 0. The third-order valence-corrected chi connectivity index (χ3v) is 3.05. The Hall–Kier alpha value is -0.0800. The highest BCUT2D eigenvalue weighted by atomic mass is 16.5. The van der Waals surface area contributed by atoms with Gasteiger partial charge in [-0.25, -0.2) is 0 Å². The second kappa shape index (κ2) is 9.00. The smallest absolute Gasteiger partial charge is 0.0750 e. The average molecular weight is 229 g/mol. The van der Waals surface area contributed by atoms with Crippen molar-refractivity contribution >= 4 is 0 Å². The van der Waals surface area contributed by atoms with E-state index < -0.39 is 0 Å². The van der Waals surface area contributed by atoms with Gasteiger partial charge in [0.25, 0.3) is 0 Å². The van der Waals surface area contributed by atoms with Crippen LogP contribution in [0.25, 0.3) is 0 Å². The molecule has 0 fully saturated rings. The van der Waals surface area contributed by atoms with Crippen LogP contribution in [0, 0.1) is 5.92 Å². The Morgan fingerprint density at radius 1 is 1.19 bits per heavy atom. The maximum atomic E-state index is 6.02. The van der Waals surface area contributed by atoms with Gasteiger partial charge in [-0.05, 0) is 32.7 Å². The van der Waals surface area contributed by atoms with Gasteiger partial charge in [0, 0.05) is 6.54 Å². The maximum absolute atomic E-state index is 6.02. The molecule has 0 aromatic rings. The first kappa shape index (κ1) is 15.9. The lowest BCUT2D eigenvalue weighted by molar-refractivity contribution is -0.0357. The SMILES string of the molecule is CCCCC(CC)COC(C)(C)CNCC. The summed E-state index contributed by atoms with van der Waals surface area (Å²) in [6.07, 6.45) is 5.16. The summed E-state index contributed by atoms with van der Waals surface area (Å²) in [5.41, 5.74) is -0.0321. The van der Waals surface area contributed by atoms with Crippen LogP contribution in [0.2, 0.25) is 0 Å². The summed E-state index contributed by atoms with van der Waals surface area (Å²) in [5, 5.41) is 3.35. The van der Waals surface area contributed by atoms with Gasteiger partial charge in [0.2, 0.25) is 0 Å². The number of nitrogens with one attached hydrogen (secondary N) is 1. The number of hydrogen-bond acceptors (Lipinski definition) is 2. The van der Waals surface area contributed by atoms with E-state index in [1.807, 2.05) is 0 Å². The zero-order chi connectivity index (χ0) is 12.4. The van der Waals surface area contributed by atoms with Gasteiger partial charge in [-0.3, -0.25) is 0 Å². The molecular formula is C14H31NO. The highest BCUT2D eigenvalue weighted by Crippen LogP contribution is 2.17. The Balaban J connectivity index is 3.80. The molecule has 0 spiro atoms. The third kappa shape index (κ3) is 8.12. The van der Waals surface area contributed by atoms with Gasteiger partial charge in [-0.1, -0.05) is 40.0 Å². The molecule has 0 aliphatic heterocycles. The van der Waals surface area contributed by atoms with Crippen molar-refractivity contribution in [1.82, 2.24) is 5.32 Å². The lowest BCUT2D eigenvalue weighted by Gasteiger charge is -2.28. The molecule has 1 atom stereocenters. The van der Waals surface area contributed by atoms with Gasteiger partial charge in [-0.15, -0.1) is 0 Å². The number of rotatable bonds is 10. The van der Waals surface area contributed by atoms with Crippen molar-refractivity contribution in [3.05, 3.63) is 0 Å². The van der Waals surface area contributed by atoms with Crippen LogP contribution in [0.15, 0.2) is 0 Å². The van der Waals surface area contributed by atoms with Crippen LogP contribution in [-0.4, -0.2) is 25.3 Å². The second-order valence-corrected chi connectivity index (χ2v) is 5.27. The molecule has 0 aromatic carbocycles. The maximum Gasteiger partial charge on any atom is 0.0750 e. The van der Waals surface area contributed by atoms with Crippen LogP contribution < -0.4 is 5.32 Å². The van der Waals surface area contributed by atoms with Crippen molar-refractivity contribution in [3.63, 3.8) is 0 Å². The van der Waals surface area contributed by atoms with E-state index in [9.17, 15) is 0 Å². The first-order valence-corrected chi connectivity index (χ1v) is 6.90. The van der Waals surface area contributed by atoms with Gasteiger partial charge >= 0.3 is 0 Å². The Labute approximate surface area is 102 Å². The predicted octanol–water partition coefficient (Wildman–Crippen LogP) is 3.61. The molecule has 16 heavy (non-hydrogen) atoms. The fourth-order valence-corrected chi connectivity index (χ4v) is 1.72. The number of ether oxygens (including phenoxy) is 1. The average Bonchev–Trinajstić information content (AvgIpc) is 2.27. The molecule has 0 aromatic heterocycles. The van der Waals surface area contributed by atoms with E-state index in [4.69, 9.17) is 4.74 Å². The first-order valence-electron chi connectivity index (χ1n) is 6.90. The van der Waals surface area contributed by atoms with E-state index in [2.05, 4.69) is 39.9 Å². The lowest BCUT2D eigenvalue weighted by atomic mass is 10.00. The van der Waals surface area contributed by atoms with Crippen molar-refractivity contribution in [1.29, 1.82) is 0 Å². The van der Waals surface area contributed by atoms with Crippen LogP contribution in [0.4, 0.5) is 0 Å². The highest BCUT2D eigenvalue weighted by molar-refractivity contribution is 4.72. The topological polar surface area (TPSA) is 21.3 Å². The normalized spacial score (nSPS) is 14.1. The van der Waals surface area contributed by atoms with Crippen LogP contribution in [0.5, 0.6) is 0 Å². The van der Waals surface area contributed by atoms with Crippen LogP contribution in [-0.2, 0) is 4.74 Å². The van der Waals surface area contributed by atoms with Crippen molar-refractivity contribution < 1.29 is 4.74 Å². The molecule has 2 nitrogen and oxygen atoms in total. The molecular weight excluding hydrogens is 198 g/mol. The number of hydrogen-bond donors (Lipinski definition) is 1. The van der Waals surface area contributed by atoms with Crippen molar-refractivity contribution in [2.24, 2.45) is 5.92 Å². The third-order valence-electron chi connectivity index (χ3n) is 3.05. The summed E-state index contributed by atoms with van der Waals surface area (Å²) in [6, 6.07) is 0. The number of unbranched alkanes of at least 4 members (excludes halogenated alkanes) is 1. The lowest BCUT2D eigenvalue weighted by Crippen LogP contribution is -2.38. The summed E-state index contributed by atoms with van der Waals surface area (Å²) < 4.78 is 6.02. The molecule has 0 saturated heterocycles. The molecule has 0 aliphatic rings.